The number of nitrogens with two attached hydrogens (primary N) is 1. The standard InChI is InChI=1S/C13H24N2O3/c1-8(2)18-13(17)9(3)7-15-12(16)10-4-5-11(14)6-10/h8-11H,4-7,14H2,1-3H3,(H,15,16). The SMILES string of the molecule is CC(C)OC(=O)C(C)CNC(=O)C1CCC(N)C1. The van der Waals surface area contributed by atoms with Crippen LogP contribution in [-0.4, -0.2) is 30.6 Å². The van der Waals surface area contributed by atoms with E-state index >= 15 is 0 Å². The number of nitrogens with one attached hydrogen (secondary N) is 1. The maximum atomic E-state index is 11.8. The molecule has 18 heavy (non-hydrogen) atoms. The number of amides is 1. The Hall–Kier alpha value is -1.10. The lowest BCUT2D eigenvalue weighted by atomic mass is 10.1. The van der Waals surface area contributed by atoms with Gasteiger partial charge in [-0.1, -0.05) is 6.92 Å². The highest BCUT2D eigenvalue weighted by Crippen LogP contribution is 2.24. The predicted octanol–water partition coefficient (Wildman–Crippen LogP) is 0.818. The summed E-state index contributed by atoms with van der Waals surface area (Å²) in [6.45, 7) is 5.70. The van der Waals surface area contributed by atoms with Crippen molar-refractivity contribution in [3.63, 3.8) is 0 Å². The van der Waals surface area contributed by atoms with Crippen LogP contribution in [0.4, 0.5) is 0 Å². The molecule has 0 radical (unpaired) electrons. The summed E-state index contributed by atoms with van der Waals surface area (Å²) in [6.07, 6.45) is 2.38. The van der Waals surface area contributed by atoms with Crippen LogP contribution in [0.5, 0.6) is 0 Å². The smallest absolute Gasteiger partial charge is 0.310 e. The van der Waals surface area contributed by atoms with Gasteiger partial charge >= 0.3 is 5.97 Å². The van der Waals surface area contributed by atoms with E-state index in [1.54, 1.807) is 6.92 Å². The fourth-order valence-corrected chi connectivity index (χ4v) is 2.08. The third kappa shape index (κ3) is 4.64. The first-order chi connectivity index (χ1) is 8.40. The molecule has 0 saturated heterocycles. The minimum absolute atomic E-state index is 0.00662. The van der Waals surface area contributed by atoms with Crippen molar-refractivity contribution in [2.24, 2.45) is 17.6 Å². The number of carbonyl (C=O) groups is 2. The maximum Gasteiger partial charge on any atom is 0.310 e. The van der Waals surface area contributed by atoms with E-state index in [1.807, 2.05) is 13.8 Å². The average Bonchev–Trinajstić information content (AvgIpc) is 2.71. The molecule has 5 nitrogen and oxygen atoms in total. The number of esters is 1. The Balaban J connectivity index is 2.27. The lowest BCUT2D eigenvalue weighted by molar-refractivity contribution is -0.151. The van der Waals surface area contributed by atoms with Crippen molar-refractivity contribution >= 4 is 11.9 Å². The fourth-order valence-electron chi connectivity index (χ4n) is 2.08. The molecule has 0 aromatic heterocycles. The van der Waals surface area contributed by atoms with Crippen LogP contribution in [0, 0.1) is 11.8 Å². The second kappa shape index (κ2) is 6.73. The molecule has 0 aliphatic heterocycles. The second-order valence-electron chi connectivity index (χ2n) is 5.40. The Morgan fingerprint density at radius 2 is 2.00 bits per heavy atom. The van der Waals surface area contributed by atoms with Crippen LogP contribution < -0.4 is 11.1 Å². The summed E-state index contributed by atoms with van der Waals surface area (Å²) in [5.74, 6) is -0.569. The van der Waals surface area contributed by atoms with Crippen molar-refractivity contribution in [2.75, 3.05) is 6.54 Å². The molecule has 1 fully saturated rings. The minimum atomic E-state index is -0.313. The summed E-state index contributed by atoms with van der Waals surface area (Å²) >= 11 is 0. The van der Waals surface area contributed by atoms with Gasteiger partial charge in [0.1, 0.15) is 0 Å². The molecule has 104 valence electrons. The molecule has 0 aromatic carbocycles. The van der Waals surface area contributed by atoms with Gasteiger partial charge in [0.2, 0.25) is 5.91 Å². The lowest BCUT2D eigenvalue weighted by Gasteiger charge is -2.16. The zero-order chi connectivity index (χ0) is 13.7. The molecule has 3 unspecified atom stereocenters. The molecule has 1 aliphatic carbocycles. The van der Waals surface area contributed by atoms with E-state index in [4.69, 9.17) is 10.5 Å². The molecular formula is C13H24N2O3. The molecule has 1 aliphatic rings. The summed E-state index contributed by atoms with van der Waals surface area (Å²) < 4.78 is 5.08. The highest BCUT2D eigenvalue weighted by Gasteiger charge is 2.28. The highest BCUT2D eigenvalue weighted by atomic mass is 16.5. The van der Waals surface area contributed by atoms with Crippen LogP contribution in [0.3, 0.4) is 0 Å². The molecule has 0 spiro atoms. The van der Waals surface area contributed by atoms with Gasteiger partial charge in [0, 0.05) is 18.5 Å². The zero-order valence-corrected chi connectivity index (χ0v) is 11.4. The van der Waals surface area contributed by atoms with Crippen molar-refractivity contribution in [2.45, 2.75) is 52.2 Å². The van der Waals surface area contributed by atoms with Crippen molar-refractivity contribution in [1.82, 2.24) is 5.32 Å². The van der Waals surface area contributed by atoms with Gasteiger partial charge in [-0.3, -0.25) is 9.59 Å². The van der Waals surface area contributed by atoms with Gasteiger partial charge in [-0.25, -0.2) is 0 Å². The Morgan fingerprint density at radius 1 is 1.33 bits per heavy atom. The van der Waals surface area contributed by atoms with Crippen molar-refractivity contribution in [3.05, 3.63) is 0 Å². The summed E-state index contributed by atoms with van der Waals surface area (Å²) in [6, 6.07) is 0.143. The Bertz CT molecular complexity index is 305. The van der Waals surface area contributed by atoms with E-state index in [9.17, 15) is 9.59 Å². The van der Waals surface area contributed by atoms with Crippen LogP contribution in [0.1, 0.15) is 40.0 Å². The normalized spacial score (nSPS) is 24.9. The molecule has 0 aromatic rings. The van der Waals surface area contributed by atoms with E-state index in [0.717, 1.165) is 19.3 Å². The van der Waals surface area contributed by atoms with Crippen LogP contribution in [-0.2, 0) is 14.3 Å². The number of rotatable bonds is 5. The summed E-state index contributed by atoms with van der Waals surface area (Å²) in [4.78, 5) is 23.4. The largest absolute Gasteiger partial charge is 0.463 e. The topological polar surface area (TPSA) is 81.4 Å². The van der Waals surface area contributed by atoms with Crippen molar-refractivity contribution < 1.29 is 14.3 Å². The molecule has 0 heterocycles. The van der Waals surface area contributed by atoms with E-state index in [2.05, 4.69) is 5.32 Å². The molecule has 1 rings (SSSR count). The Labute approximate surface area is 108 Å². The van der Waals surface area contributed by atoms with Crippen LogP contribution in [0.15, 0.2) is 0 Å². The van der Waals surface area contributed by atoms with Gasteiger partial charge in [0.15, 0.2) is 0 Å². The van der Waals surface area contributed by atoms with Crippen molar-refractivity contribution in [3.8, 4) is 0 Å². The second-order valence-corrected chi connectivity index (χ2v) is 5.40. The Kier molecular flexibility index (Phi) is 5.59. The molecule has 1 amide bonds. The van der Waals surface area contributed by atoms with Crippen LogP contribution >= 0.6 is 0 Å². The first-order valence-corrected chi connectivity index (χ1v) is 6.64. The zero-order valence-electron chi connectivity index (χ0n) is 11.4. The molecule has 0 bridgehead atoms. The van der Waals surface area contributed by atoms with Crippen LogP contribution in [0.2, 0.25) is 0 Å². The minimum Gasteiger partial charge on any atom is -0.463 e. The third-order valence-electron chi connectivity index (χ3n) is 3.18. The lowest BCUT2D eigenvalue weighted by Crippen LogP contribution is -2.36. The van der Waals surface area contributed by atoms with E-state index in [-0.39, 0.29) is 35.9 Å². The summed E-state index contributed by atoms with van der Waals surface area (Å²) in [7, 11) is 0. The monoisotopic (exact) mass is 256 g/mol. The van der Waals surface area contributed by atoms with Gasteiger partial charge in [-0.05, 0) is 33.1 Å². The third-order valence-corrected chi connectivity index (χ3v) is 3.18. The molecule has 1 saturated carbocycles. The van der Waals surface area contributed by atoms with Gasteiger partial charge in [0.05, 0.1) is 12.0 Å². The van der Waals surface area contributed by atoms with Crippen molar-refractivity contribution in [1.29, 1.82) is 0 Å². The van der Waals surface area contributed by atoms with Gasteiger partial charge in [-0.2, -0.15) is 0 Å². The molecular weight excluding hydrogens is 232 g/mol. The van der Waals surface area contributed by atoms with E-state index in [0.29, 0.717) is 6.54 Å². The maximum absolute atomic E-state index is 11.8. The summed E-state index contributed by atoms with van der Waals surface area (Å²) in [5.41, 5.74) is 5.77. The highest BCUT2D eigenvalue weighted by molar-refractivity contribution is 5.80. The van der Waals surface area contributed by atoms with Gasteiger partial charge in [-0.15, -0.1) is 0 Å². The number of ether oxygens (including phenoxy) is 1. The first kappa shape index (κ1) is 15.0. The fraction of sp³-hybridized carbons (Fsp3) is 0.846. The molecule has 3 atom stereocenters. The van der Waals surface area contributed by atoms with Gasteiger partial charge in [0.25, 0.3) is 0 Å². The van der Waals surface area contributed by atoms with Crippen LogP contribution in [0.25, 0.3) is 0 Å². The quantitative estimate of drug-likeness (QED) is 0.713. The number of hydrogen-bond donors (Lipinski definition) is 2. The number of hydrogen-bond acceptors (Lipinski definition) is 4. The molecule has 3 N–H and O–H groups in total. The van der Waals surface area contributed by atoms with E-state index in [1.165, 1.54) is 0 Å². The van der Waals surface area contributed by atoms with E-state index < -0.39 is 0 Å². The molecule has 5 heteroatoms. The predicted molar refractivity (Wildman–Crippen MR) is 68.7 cm³/mol. The Morgan fingerprint density at radius 3 is 2.50 bits per heavy atom. The number of carbonyl (C=O) groups excluding carboxylic acids is 2. The average molecular weight is 256 g/mol. The first-order valence-electron chi connectivity index (χ1n) is 6.64. The van der Waals surface area contributed by atoms with Gasteiger partial charge < -0.3 is 15.8 Å². The summed E-state index contributed by atoms with van der Waals surface area (Å²) in [5, 5.41) is 2.80.